The van der Waals surface area contributed by atoms with Gasteiger partial charge in [-0.1, -0.05) is 31.9 Å². The lowest BCUT2D eigenvalue weighted by atomic mass is 10.1. The molecule has 0 aliphatic rings. The number of amides is 1. The van der Waals surface area contributed by atoms with Crippen molar-refractivity contribution in [3.05, 3.63) is 29.8 Å². The van der Waals surface area contributed by atoms with E-state index in [9.17, 15) is 13.2 Å². The van der Waals surface area contributed by atoms with Crippen molar-refractivity contribution in [1.82, 2.24) is 0 Å². The summed E-state index contributed by atoms with van der Waals surface area (Å²) in [6, 6.07) is 7.33. The average Bonchev–Trinajstić information content (AvgIpc) is 2.40. The predicted octanol–water partition coefficient (Wildman–Crippen LogP) is 2.72. The summed E-state index contributed by atoms with van der Waals surface area (Å²) >= 11 is 0. The summed E-state index contributed by atoms with van der Waals surface area (Å²) in [4.78, 5) is 11.7. The van der Waals surface area contributed by atoms with Crippen LogP contribution < -0.4 is 5.32 Å². The number of benzene rings is 1. The highest BCUT2D eigenvalue weighted by molar-refractivity contribution is 7.85. The third-order valence-corrected chi connectivity index (χ3v) is 3.53. The van der Waals surface area contributed by atoms with Crippen LogP contribution >= 0.6 is 0 Å². The molecule has 0 bridgehead atoms. The Kier molecular flexibility index (Phi) is 7.39. The molecule has 0 saturated carbocycles. The lowest BCUT2D eigenvalue weighted by Gasteiger charge is -2.06. The van der Waals surface area contributed by atoms with Crippen molar-refractivity contribution < 1.29 is 17.4 Å². The second-order valence-corrected chi connectivity index (χ2v) is 6.62. The van der Waals surface area contributed by atoms with Crippen LogP contribution in [-0.2, 0) is 25.5 Å². The van der Waals surface area contributed by atoms with E-state index in [2.05, 4.69) is 16.4 Å². The first-order valence-electron chi connectivity index (χ1n) is 7.14. The summed E-state index contributed by atoms with van der Waals surface area (Å²) in [5, 5.41) is 2.84. The van der Waals surface area contributed by atoms with Crippen molar-refractivity contribution in [2.75, 3.05) is 18.2 Å². The SMILES string of the molecule is CCCCCC(=O)Nc1ccc(CCOS(C)(=O)=O)cc1. The molecule has 5 nitrogen and oxygen atoms in total. The Morgan fingerprint density at radius 1 is 1.19 bits per heavy atom. The maximum atomic E-state index is 11.7. The Hall–Kier alpha value is -1.40. The number of hydrogen-bond acceptors (Lipinski definition) is 4. The van der Waals surface area contributed by atoms with Crippen LogP contribution in [0.25, 0.3) is 0 Å². The van der Waals surface area contributed by atoms with Gasteiger partial charge >= 0.3 is 0 Å². The largest absolute Gasteiger partial charge is 0.326 e. The minimum Gasteiger partial charge on any atom is -0.326 e. The molecule has 1 rings (SSSR count). The highest BCUT2D eigenvalue weighted by Crippen LogP contribution is 2.11. The fraction of sp³-hybridized carbons (Fsp3) is 0.533. The van der Waals surface area contributed by atoms with E-state index in [0.717, 1.165) is 36.8 Å². The second kappa shape index (κ2) is 8.79. The maximum absolute atomic E-state index is 11.7. The molecule has 1 aromatic rings. The Morgan fingerprint density at radius 2 is 1.86 bits per heavy atom. The summed E-state index contributed by atoms with van der Waals surface area (Å²) < 4.78 is 26.4. The van der Waals surface area contributed by atoms with E-state index < -0.39 is 10.1 Å². The summed E-state index contributed by atoms with van der Waals surface area (Å²) in [6.07, 6.45) is 5.15. The van der Waals surface area contributed by atoms with E-state index in [-0.39, 0.29) is 12.5 Å². The molecular formula is C15H23NO4S. The number of anilines is 1. The van der Waals surface area contributed by atoms with Crippen LogP contribution in [0.4, 0.5) is 5.69 Å². The molecular weight excluding hydrogens is 290 g/mol. The zero-order chi connectivity index (χ0) is 15.7. The number of unbranched alkanes of at least 4 members (excludes halogenated alkanes) is 2. The molecule has 0 atom stereocenters. The van der Waals surface area contributed by atoms with Crippen LogP contribution in [0, 0.1) is 0 Å². The molecule has 0 aromatic heterocycles. The Labute approximate surface area is 126 Å². The fourth-order valence-corrected chi connectivity index (χ4v) is 2.21. The molecule has 0 aliphatic carbocycles. The van der Waals surface area contributed by atoms with Gasteiger partial charge in [-0.3, -0.25) is 8.98 Å². The highest BCUT2D eigenvalue weighted by Gasteiger charge is 2.04. The van der Waals surface area contributed by atoms with Crippen molar-refractivity contribution in [2.45, 2.75) is 39.0 Å². The zero-order valence-electron chi connectivity index (χ0n) is 12.6. The van der Waals surface area contributed by atoms with Gasteiger partial charge in [0.15, 0.2) is 0 Å². The number of rotatable bonds is 9. The number of nitrogens with one attached hydrogen (secondary N) is 1. The average molecular weight is 313 g/mol. The third kappa shape index (κ3) is 8.47. The molecule has 118 valence electrons. The van der Waals surface area contributed by atoms with Gasteiger partial charge in [0.05, 0.1) is 12.9 Å². The molecule has 0 fully saturated rings. The van der Waals surface area contributed by atoms with E-state index in [1.54, 1.807) is 0 Å². The molecule has 0 radical (unpaired) electrons. The van der Waals surface area contributed by atoms with E-state index >= 15 is 0 Å². The normalized spacial score (nSPS) is 11.3. The maximum Gasteiger partial charge on any atom is 0.264 e. The minimum atomic E-state index is -3.39. The van der Waals surface area contributed by atoms with Gasteiger partial charge in [0.2, 0.25) is 5.91 Å². The van der Waals surface area contributed by atoms with Gasteiger partial charge < -0.3 is 5.32 Å². The first-order valence-corrected chi connectivity index (χ1v) is 8.95. The number of carbonyl (C=O) groups excluding carboxylic acids is 1. The molecule has 0 unspecified atom stereocenters. The lowest BCUT2D eigenvalue weighted by Crippen LogP contribution is -2.11. The topological polar surface area (TPSA) is 72.5 Å². The first kappa shape index (κ1) is 17.7. The van der Waals surface area contributed by atoms with Gasteiger partial charge in [-0.2, -0.15) is 8.42 Å². The van der Waals surface area contributed by atoms with E-state index in [4.69, 9.17) is 0 Å². The summed E-state index contributed by atoms with van der Waals surface area (Å²) in [6.45, 7) is 2.23. The van der Waals surface area contributed by atoms with Gasteiger partial charge in [0, 0.05) is 12.1 Å². The van der Waals surface area contributed by atoms with Gasteiger partial charge in [0.25, 0.3) is 10.1 Å². The molecule has 21 heavy (non-hydrogen) atoms. The van der Waals surface area contributed by atoms with Gasteiger partial charge in [-0.05, 0) is 30.5 Å². The predicted molar refractivity (Wildman–Crippen MR) is 83.7 cm³/mol. The molecule has 0 saturated heterocycles. The Morgan fingerprint density at radius 3 is 2.43 bits per heavy atom. The van der Waals surface area contributed by atoms with Gasteiger partial charge in [-0.25, -0.2) is 0 Å². The number of carbonyl (C=O) groups is 1. The molecule has 6 heteroatoms. The highest BCUT2D eigenvalue weighted by atomic mass is 32.2. The minimum absolute atomic E-state index is 0.0246. The molecule has 0 spiro atoms. The number of hydrogen-bond donors (Lipinski definition) is 1. The van der Waals surface area contributed by atoms with Crippen molar-refractivity contribution in [1.29, 1.82) is 0 Å². The van der Waals surface area contributed by atoms with Crippen molar-refractivity contribution in [2.24, 2.45) is 0 Å². The standard InChI is InChI=1S/C15H23NO4S/c1-3-4-5-6-15(17)16-14-9-7-13(8-10-14)11-12-20-21(2,18)19/h7-10H,3-6,11-12H2,1-2H3,(H,16,17). The molecule has 1 aromatic carbocycles. The van der Waals surface area contributed by atoms with E-state index in [0.29, 0.717) is 12.8 Å². The van der Waals surface area contributed by atoms with Crippen LogP contribution in [0.5, 0.6) is 0 Å². The summed E-state index contributed by atoms with van der Waals surface area (Å²) in [7, 11) is -3.39. The third-order valence-electron chi connectivity index (χ3n) is 2.93. The summed E-state index contributed by atoms with van der Waals surface area (Å²) in [5.74, 6) is 0.0246. The van der Waals surface area contributed by atoms with Crippen molar-refractivity contribution in [3.63, 3.8) is 0 Å². The zero-order valence-corrected chi connectivity index (χ0v) is 13.4. The van der Waals surface area contributed by atoms with Crippen LogP contribution in [0.3, 0.4) is 0 Å². The van der Waals surface area contributed by atoms with Gasteiger partial charge in [0.1, 0.15) is 0 Å². The second-order valence-electron chi connectivity index (χ2n) is 4.98. The Balaban J connectivity index is 2.38. The Bertz CT molecular complexity index is 537. The lowest BCUT2D eigenvalue weighted by molar-refractivity contribution is -0.116. The smallest absolute Gasteiger partial charge is 0.264 e. The van der Waals surface area contributed by atoms with Crippen molar-refractivity contribution in [3.8, 4) is 0 Å². The molecule has 0 heterocycles. The van der Waals surface area contributed by atoms with Crippen molar-refractivity contribution >= 4 is 21.7 Å². The quantitative estimate of drug-likeness (QED) is 0.562. The molecule has 1 N–H and O–H groups in total. The van der Waals surface area contributed by atoms with Crippen LogP contribution in [-0.4, -0.2) is 27.2 Å². The van der Waals surface area contributed by atoms with Crippen LogP contribution in [0.2, 0.25) is 0 Å². The van der Waals surface area contributed by atoms with Crippen LogP contribution in [0.15, 0.2) is 24.3 Å². The van der Waals surface area contributed by atoms with Crippen LogP contribution in [0.1, 0.15) is 38.2 Å². The van der Waals surface area contributed by atoms with E-state index in [1.165, 1.54) is 0 Å². The van der Waals surface area contributed by atoms with Gasteiger partial charge in [-0.15, -0.1) is 0 Å². The van der Waals surface area contributed by atoms with E-state index in [1.807, 2.05) is 24.3 Å². The monoisotopic (exact) mass is 313 g/mol. The molecule has 1 amide bonds. The summed E-state index contributed by atoms with van der Waals surface area (Å²) in [5.41, 5.74) is 1.71. The molecule has 0 aliphatic heterocycles. The fourth-order valence-electron chi connectivity index (χ4n) is 1.82. The first-order chi connectivity index (χ1) is 9.90.